The van der Waals surface area contributed by atoms with Gasteiger partial charge in [0.05, 0.1) is 11.4 Å². The van der Waals surface area contributed by atoms with Gasteiger partial charge in [0.1, 0.15) is 5.82 Å². The summed E-state index contributed by atoms with van der Waals surface area (Å²) in [5, 5.41) is 15.0. The molecular formula is C20H22FN5OS. The number of nitrogens with one attached hydrogen (secondary N) is 1. The number of hydrogen-bond acceptors (Lipinski definition) is 5. The van der Waals surface area contributed by atoms with Gasteiger partial charge in [-0.05, 0) is 47.0 Å². The minimum atomic E-state index is -0.332. The molecule has 0 unspecified atom stereocenters. The second-order valence-corrected chi connectivity index (χ2v) is 7.24. The molecule has 0 fully saturated rings. The predicted molar refractivity (Wildman–Crippen MR) is 107 cm³/mol. The number of thioether (sulfide) groups is 1. The third-order valence-corrected chi connectivity index (χ3v) is 5.13. The smallest absolute Gasteiger partial charge is 0.230 e. The van der Waals surface area contributed by atoms with Crippen LogP contribution in [0.3, 0.4) is 0 Å². The Morgan fingerprint density at radius 1 is 1.18 bits per heavy atom. The van der Waals surface area contributed by atoms with Gasteiger partial charge in [0.15, 0.2) is 0 Å². The summed E-state index contributed by atoms with van der Waals surface area (Å²) in [6.07, 6.45) is 3.37. The Labute approximate surface area is 167 Å². The van der Waals surface area contributed by atoms with Crippen molar-refractivity contribution in [2.45, 2.75) is 37.9 Å². The van der Waals surface area contributed by atoms with Crippen molar-refractivity contribution >= 4 is 17.7 Å². The molecule has 0 saturated carbocycles. The highest BCUT2D eigenvalue weighted by Crippen LogP contribution is 2.19. The molecule has 146 valence electrons. The number of nitrogens with zero attached hydrogens (tertiary/aromatic N) is 4. The van der Waals surface area contributed by atoms with Crippen molar-refractivity contribution in [1.29, 1.82) is 0 Å². The van der Waals surface area contributed by atoms with Crippen LogP contribution < -0.4 is 5.32 Å². The first-order valence-electron chi connectivity index (χ1n) is 9.18. The van der Waals surface area contributed by atoms with Gasteiger partial charge in [0.25, 0.3) is 0 Å². The Hall–Kier alpha value is -2.74. The first-order chi connectivity index (χ1) is 13.7. The number of aromatic nitrogens is 4. The summed E-state index contributed by atoms with van der Waals surface area (Å²) in [5.74, 6) is -0.400. The number of unbranched alkanes of at least 4 members (excludes halogenated alkanes) is 1. The summed E-state index contributed by atoms with van der Waals surface area (Å²) in [6.45, 7) is 2.32. The van der Waals surface area contributed by atoms with E-state index in [1.54, 1.807) is 22.9 Å². The fraction of sp³-hybridized carbons (Fsp3) is 0.300. The van der Waals surface area contributed by atoms with Gasteiger partial charge >= 0.3 is 0 Å². The molecule has 0 radical (unpaired) electrons. The number of hydrogen-bond donors (Lipinski definition) is 1. The van der Waals surface area contributed by atoms with Crippen molar-refractivity contribution in [3.05, 3.63) is 65.5 Å². The van der Waals surface area contributed by atoms with E-state index in [1.807, 2.05) is 12.1 Å². The summed E-state index contributed by atoms with van der Waals surface area (Å²) >= 11 is 1.24. The maximum absolute atomic E-state index is 13.6. The number of rotatable bonds is 9. The zero-order valence-electron chi connectivity index (χ0n) is 15.6. The van der Waals surface area contributed by atoms with Crippen LogP contribution in [-0.4, -0.2) is 31.9 Å². The summed E-state index contributed by atoms with van der Waals surface area (Å²) in [7, 11) is 0. The lowest BCUT2D eigenvalue weighted by Gasteiger charge is -2.07. The predicted octanol–water partition coefficient (Wildman–Crippen LogP) is 3.55. The molecule has 6 nitrogen and oxygen atoms in total. The van der Waals surface area contributed by atoms with Crippen molar-refractivity contribution in [2.75, 3.05) is 5.75 Å². The van der Waals surface area contributed by atoms with E-state index < -0.39 is 0 Å². The molecule has 0 bridgehead atoms. The molecule has 3 aromatic rings. The van der Waals surface area contributed by atoms with Gasteiger partial charge < -0.3 is 5.32 Å². The quantitative estimate of drug-likeness (QED) is 0.557. The van der Waals surface area contributed by atoms with E-state index in [-0.39, 0.29) is 24.0 Å². The van der Waals surface area contributed by atoms with Crippen LogP contribution in [0.25, 0.3) is 5.69 Å². The van der Waals surface area contributed by atoms with Crippen LogP contribution in [-0.2, 0) is 17.8 Å². The number of halogens is 1. The maximum atomic E-state index is 13.6. The highest BCUT2D eigenvalue weighted by atomic mass is 32.2. The molecule has 0 aliphatic carbocycles. The highest BCUT2D eigenvalue weighted by Gasteiger charge is 2.12. The summed E-state index contributed by atoms with van der Waals surface area (Å²) in [5.41, 5.74) is 2.58. The summed E-state index contributed by atoms with van der Waals surface area (Å²) in [4.78, 5) is 12.1. The van der Waals surface area contributed by atoms with E-state index in [4.69, 9.17) is 0 Å². The van der Waals surface area contributed by atoms with Gasteiger partial charge in [0.2, 0.25) is 11.1 Å². The van der Waals surface area contributed by atoms with Crippen molar-refractivity contribution in [3.8, 4) is 5.69 Å². The lowest BCUT2D eigenvalue weighted by Crippen LogP contribution is -2.25. The Morgan fingerprint density at radius 3 is 2.71 bits per heavy atom. The average Bonchev–Trinajstić information content (AvgIpc) is 3.19. The third-order valence-electron chi connectivity index (χ3n) is 4.21. The van der Waals surface area contributed by atoms with Crippen molar-refractivity contribution in [3.63, 3.8) is 0 Å². The third kappa shape index (κ3) is 5.39. The van der Waals surface area contributed by atoms with Crippen LogP contribution in [0, 0.1) is 5.82 Å². The lowest BCUT2D eigenvalue weighted by molar-refractivity contribution is -0.118. The van der Waals surface area contributed by atoms with Gasteiger partial charge in [0, 0.05) is 12.1 Å². The monoisotopic (exact) mass is 399 g/mol. The normalized spacial score (nSPS) is 10.8. The van der Waals surface area contributed by atoms with Gasteiger partial charge in [-0.15, -0.1) is 5.10 Å². The second kappa shape index (κ2) is 9.98. The Balaban J connectivity index is 1.55. The topological polar surface area (TPSA) is 72.7 Å². The van der Waals surface area contributed by atoms with E-state index in [0.29, 0.717) is 10.7 Å². The van der Waals surface area contributed by atoms with Gasteiger partial charge in [-0.2, -0.15) is 4.68 Å². The van der Waals surface area contributed by atoms with Crippen LogP contribution in [0.2, 0.25) is 0 Å². The van der Waals surface area contributed by atoms with E-state index in [9.17, 15) is 9.18 Å². The molecule has 0 aliphatic rings. The van der Waals surface area contributed by atoms with Crippen LogP contribution in [0.15, 0.2) is 53.7 Å². The number of amides is 1. The van der Waals surface area contributed by atoms with Crippen LogP contribution in [0.1, 0.15) is 30.9 Å². The number of aryl methyl sites for hydroxylation is 1. The van der Waals surface area contributed by atoms with Crippen molar-refractivity contribution in [1.82, 2.24) is 25.5 Å². The first kappa shape index (κ1) is 20.0. The summed E-state index contributed by atoms with van der Waals surface area (Å²) < 4.78 is 15.2. The van der Waals surface area contributed by atoms with Crippen LogP contribution in [0.4, 0.5) is 4.39 Å². The summed E-state index contributed by atoms with van der Waals surface area (Å²) in [6, 6.07) is 14.5. The largest absolute Gasteiger partial charge is 0.351 e. The highest BCUT2D eigenvalue weighted by molar-refractivity contribution is 7.99. The van der Waals surface area contributed by atoms with Crippen LogP contribution >= 0.6 is 11.8 Å². The van der Waals surface area contributed by atoms with E-state index >= 15 is 0 Å². The van der Waals surface area contributed by atoms with E-state index in [2.05, 4.69) is 39.9 Å². The SMILES string of the molecule is CCCCc1ccc(-n2nnnc2SCC(=O)NCc2ccccc2F)cc1. The molecule has 28 heavy (non-hydrogen) atoms. The minimum absolute atomic E-state index is 0.142. The molecule has 1 N–H and O–H groups in total. The fourth-order valence-corrected chi connectivity index (χ4v) is 3.35. The molecule has 0 aliphatic heterocycles. The number of carbonyl (C=O) groups excluding carboxylic acids is 1. The maximum Gasteiger partial charge on any atom is 0.230 e. The molecule has 0 atom stereocenters. The van der Waals surface area contributed by atoms with Crippen molar-refractivity contribution in [2.24, 2.45) is 0 Å². The molecule has 0 saturated heterocycles. The van der Waals surface area contributed by atoms with Gasteiger partial charge in [-0.3, -0.25) is 4.79 Å². The molecule has 3 rings (SSSR count). The Bertz CT molecular complexity index is 913. The number of benzene rings is 2. The standard InChI is InChI=1S/C20H22FN5OS/c1-2-3-6-15-9-11-17(12-10-15)26-20(23-24-25-26)28-14-19(27)22-13-16-7-4-5-8-18(16)21/h4-5,7-12H,2-3,6,13-14H2,1H3,(H,22,27). The second-order valence-electron chi connectivity index (χ2n) is 6.30. The Kier molecular flexibility index (Phi) is 7.13. The average molecular weight is 399 g/mol. The fourth-order valence-electron chi connectivity index (χ4n) is 2.63. The zero-order chi connectivity index (χ0) is 19.8. The van der Waals surface area contributed by atoms with Crippen LogP contribution in [0.5, 0.6) is 0 Å². The van der Waals surface area contributed by atoms with E-state index in [0.717, 1.165) is 24.9 Å². The van der Waals surface area contributed by atoms with E-state index in [1.165, 1.54) is 23.4 Å². The lowest BCUT2D eigenvalue weighted by atomic mass is 10.1. The van der Waals surface area contributed by atoms with Gasteiger partial charge in [-0.25, -0.2) is 4.39 Å². The van der Waals surface area contributed by atoms with Gasteiger partial charge in [-0.1, -0.05) is 55.4 Å². The van der Waals surface area contributed by atoms with Crippen molar-refractivity contribution < 1.29 is 9.18 Å². The molecule has 8 heteroatoms. The molecule has 0 spiro atoms. The minimum Gasteiger partial charge on any atom is -0.351 e. The molecular weight excluding hydrogens is 377 g/mol. The molecule has 1 amide bonds. The Morgan fingerprint density at radius 2 is 1.96 bits per heavy atom. The molecule has 2 aromatic carbocycles. The number of carbonyl (C=O) groups is 1. The molecule has 1 heterocycles. The zero-order valence-corrected chi connectivity index (χ0v) is 16.5. The first-order valence-corrected chi connectivity index (χ1v) is 10.2. The molecule has 1 aromatic heterocycles. The number of tetrazole rings is 1.